The van der Waals surface area contributed by atoms with Crippen LogP contribution in [0.25, 0.3) is 0 Å². The summed E-state index contributed by atoms with van der Waals surface area (Å²) < 4.78 is 4.87. The summed E-state index contributed by atoms with van der Waals surface area (Å²) in [7, 11) is 1.50. The first-order chi connectivity index (χ1) is 6.02. The second-order valence-corrected chi connectivity index (χ2v) is 2.78. The predicted octanol–water partition coefficient (Wildman–Crippen LogP) is 2.02. The van der Waals surface area contributed by atoms with E-state index in [9.17, 15) is 9.70 Å². The van der Waals surface area contributed by atoms with Crippen molar-refractivity contribution in [3.63, 3.8) is 0 Å². The Labute approximate surface area is 77.2 Å². The molecule has 1 unspecified atom stereocenters. The molecule has 0 bridgehead atoms. The maximum atomic E-state index is 10.7. The van der Waals surface area contributed by atoms with E-state index >= 15 is 0 Å². The number of allylic oxidation sites excluding steroid dienone is 1. The van der Waals surface area contributed by atoms with Gasteiger partial charge in [-0.15, -0.1) is 4.91 Å². The lowest BCUT2D eigenvalue weighted by atomic mass is 10.0. The van der Waals surface area contributed by atoms with Gasteiger partial charge in [0.25, 0.3) is 0 Å². The number of hydrogen-bond acceptors (Lipinski definition) is 3. The highest BCUT2D eigenvalue weighted by Gasteiger charge is 2.14. The fourth-order valence-corrected chi connectivity index (χ4v) is 0.836. The molecule has 0 aromatic carbocycles. The Kier molecular flexibility index (Phi) is 4.66. The molecule has 0 aliphatic carbocycles. The Bertz CT molecular complexity index is 245. The van der Waals surface area contributed by atoms with Gasteiger partial charge in [0.05, 0.1) is 12.9 Å². The van der Waals surface area contributed by atoms with E-state index in [4.69, 9.17) is 4.74 Å². The van der Waals surface area contributed by atoms with E-state index in [0.29, 0.717) is 12.2 Å². The molecule has 0 radical (unpaired) electrons. The van der Waals surface area contributed by atoms with Crippen molar-refractivity contribution in [1.82, 2.24) is 0 Å². The Morgan fingerprint density at radius 2 is 2.08 bits per heavy atom. The third kappa shape index (κ3) is 3.64. The standard InChI is InChI=1S/C9H13NO3/c1-6(8(3)13-4)5-7(2)9(11)10-12/h6H,2-3,5H2,1,4H3. The summed E-state index contributed by atoms with van der Waals surface area (Å²) >= 11 is 0. The predicted molar refractivity (Wildman–Crippen MR) is 49.9 cm³/mol. The normalized spacial score (nSPS) is 11.5. The molecule has 0 N–H and O–H groups in total. The number of nitroso groups, excluding NO2 is 1. The van der Waals surface area contributed by atoms with Crippen molar-refractivity contribution in [2.45, 2.75) is 13.3 Å². The van der Waals surface area contributed by atoms with Crippen LogP contribution in [0, 0.1) is 10.8 Å². The summed E-state index contributed by atoms with van der Waals surface area (Å²) in [5.74, 6) is -0.293. The molecule has 4 heteroatoms. The molecule has 72 valence electrons. The number of rotatable bonds is 5. The number of carbonyl (C=O) groups excluding carboxylic acids is 1. The van der Waals surface area contributed by atoms with Crippen LogP contribution >= 0.6 is 0 Å². The fourth-order valence-electron chi connectivity index (χ4n) is 0.836. The number of methoxy groups -OCH3 is 1. The van der Waals surface area contributed by atoms with E-state index in [1.807, 2.05) is 6.92 Å². The van der Waals surface area contributed by atoms with E-state index in [0.717, 1.165) is 0 Å². The van der Waals surface area contributed by atoms with E-state index in [-0.39, 0.29) is 11.5 Å². The molecule has 0 aliphatic rings. The molecule has 0 saturated carbocycles. The minimum Gasteiger partial charge on any atom is -0.501 e. The first kappa shape index (κ1) is 11.6. The van der Waals surface area contributed by atoms with Crippen molar-refractivity contribution < 1.29 is 9.53 Å². The Balaban J connectivity index is 4.13. The average molecular weight is 183 g/mol. The SMILES string of the molecule is C=C(CC(C)C(=C)OC)C(=O)N=O. The minimum absolute atomic E-state index is 0.0387. The van der Waals surface area contributed by atoms with Gasteiger partial charge < -0.3 is 4.74 Å². The van der Waals surface area contributed by atoms with E-state index in [1.165, 1.54) is 7.11 Å². The number of amides is 1. The lowest BCUT2D eigenvalue weighted by Gasteiger charge is -2.12. The lowest BCUT2D eigenvalue weighted by Crippen LogP contribution is -2.06. The van der Waals surface area contributed by atoms with Gasteiger partial charge in [-0.1, -0.05) is 20.1 Å². The van der Waals surface area contributed by atoms with Crippen molar-refractivity contribution in [3.05, 3.63) is 29.4 Å². The molecule has 13 heavy (non-hydrogen) atoms. The average Bonchev–Trinajstić information content (AvgIpc) is 2.14. The smallest absolute Gasteiger partial charge is 0.312 e. The number of hydrogen-bond donors (Lipinski definition) is 0. The van der Waals surface area contributed by atoms with Gasteiger partial charge in [0.15, 0.2) is 0 Å². The zero-order valence-corrected chi connectivity index (χ0v) is 7.87. The monoisotopic (exact) mass is 183 g/mol. The second-order valence-electron chi connectivity index (χ2n) is 2.78. The van der Waals surface area contributed by atoms with Crippen LogP contribution < -0.4 is 0 Å². The fraction of sp³-hybridized carbons (Fsp3) is 0.444. The van der Waals surface area contributed by atoms with Gasteiger partial charge in [-0.2, -0.15) is 0 Å². The third-order valence-corrected chi connectivity index (χ3v) is 1.75. The van der Waals surface area contributed by atoms with E-state index in [1.54, 1.807) is 0 Å². The summed E-state index contributed by atoms with van der Waals surface area (Å²) in [4.78, 5) is 20.6. The minimum atomic E-state index is -0.809. The van der Waals surface area contributed by atoms with Crippen molar-refractivity contribution in [1.29, 1.82) is 0 Å². The van der Waals surface area contributed by atoms with Crippen molar-refractivity contribution >= 4 is 5.91 Å². The molecular weight excluding hydrogens is 170 g/mol. The topological polar surface area (TPSA) is 55.7 Å². The Morgan fingerprint density at radius 1 is 1.54 bits per heavy atom. The highest BCUT2D eigenvalue weighted by molar-refractivity contribution is 5.93. The maximum Gasteiger partial charge on any atom is 0.312 e. The van der Waals surface area contributed by atoms with Crippen LogP contribution in [0.1, 0.15) is 13.3 Å². The second kappa shape index (κ2) is 5.24. The highest BCUT2D eigenvalue weighted by atomic mass is 16.5. The molecule has 0 fully saturated rings. The van der Waals surface area contributed by atoms with Gasteiger partial charge in [-0.3, -0.25) is 4.79 Å². The van der Waals surface area contributed by atoms with Crippen LogP contribution in [-0.4, -0.2) is 13.0 Å². The number of ether oxygens (including phenoxy) is 1. The van der Waals surface area contributed by atoms with Crippen LogP contribution in [-0.2, 0) is 9.53 Å². The molecule has 0 aromatic heterocycles. The van der Waals surface area contributed by atoms with Gasteiger partial charge >= 0.3 is 5.91 Å². The first-order valence-corrected chi connectivity index (χ1v) is 3.81. The maximum absolute atomic E-state index is 10.7. The number of nitrogens with zero attached hydrogens (tertiary/aromatic N) is 1. The first-order valence-electron chi connectivity index (χ1n) is 3.81. The Morgan fingerprint density at radius 3 is 2.46 bits per heavy atom. The van der Waals surface area contributed by atoms with E-state index < -0.39 is 5.91 Å². The zero-order chi connectivity index (χ0) is 10.4. The molecule has 1 atom stereocenters. The molecule has 0 heterocycles. The quantitative estimate of drug-likeness (QED) is 0.372. The molecular formula is C9H13NO3. The molecule has 4 nitrogen and oxygen atoms in total. The summed E-state index contributed by atoms with van der Waals surface area (Å²) in [5, 5.41) is 2.27. The van der Waals surface area contributed by atoms with Gasteiger partial charge in [0.1, 0.15) is 0 Å². The third-order valence-electron chi connectivity index (χ3n) is 1.75. The largest absolute Gasteiger partial charge is 0.501 e. The van der Waals surface area contributed by atoms with Crippen LogP contribution in [0.15, 0.2) is 29.7 Å². The van der Waals surface area contributed by atoms with Gasteiger partial charge in [0.2, 0.25) is 0 Å². The van der Waals surface area contributed by atoms with Crippen molar-refractivity contribution in [2.24, 2.45) is 11.1 Å². The summed E-state index contributed by atoms with van der Waals surface area (Å²) in [6.45, 7) is 8.90. The number of carbonyl (C=O) groups is 1. The molecule has 0 aromatic rings. The van der Waals surface area contributed by atoms with E-state index in [2.05, 4.69) is 18.3 Å². The summed E-state index contributed by atoms with van der Waals surface area (Å²) in [6.07, 6.45) is 0.344. The highest BCUT2D eigenvalue weighted by Crippen LogP contribution is 2.18. The summed E-state index contributed by atoms with van der Waals surface area (Å²) in [5.41, 5.74) is 0.181. The molecule has 0 rings (SSSR count). The summed E-state index contributed by atoms with van der Waals surface area (Å²) in [6, 6.07) is 0. The molecule has 1 amide bonds. The van der Waals surface area contributed by atoms with Crippen LogP contribution in [0.5, 0.6) is 0 Å². The zero-order valence-electron chi connectivity index (χ0n) is 7.87. The van der Waals surface area contributed by atoms with Crippen LogP contribution in [0.3, 0.4) is 0 Å². The van der Waals surface area contributed by atoms with Crippen LogP contribution in [0.2, 0.25) is 0 Å². The molecule has 0 spiro atoms. The molecule has 0 saturated heterocycles. The van der Waals surface area contributed by atoms with Crippen LogP contribution in [0.4, 0.5) is 0 Å². The van der Waals surface area contributed by atoms with Crippen molar-refractivity contribution in [3.8, 4) is 0 Å². The van der Waals surface area contributed by atoms with Gasteiger partial charge in [-0.05, 0) is 6.42 Å². The van der Waals surface area contributed by atoms with Crippen molar-refractivity contribution in [2.75, 3.05) is 7.11 Å². The molecule has 0 aliphatic heterocycles. The van der Waals surface area contributed by atoms with Gasteiger partial charge in [-0.25, -0.2) is 0 Å². The lowest BCUT2D eigenvalue weighted by molar-refractivity contribution is -0.114. The van der Waals surface area contributed by atoms with Gasteiger partial charge in [0, 0.05) is 16.7 Å². The Hall–Kier alpha value is -1.45.